The van der Waals surface area contributed by atoms with E-state index < -0.39 is 5.60 Å². The van der Waals surface area contributed by atoms with Crippen LogP contribution in [0.25, 0.3) is 0 Å². The van der Waals surface area contributed by atoms with E-state index in [2.05, 4.69) is 5.32 Å². The molecule has 0 spiro atoms. The lowest BCUT2D eigenvalue weighted by atomic mass is 10.1. The molecule has 1 N–H and O–H groups in total. The summed E-state index contributed by atoms with van der Waals surface area (Å²) < 4.78 is 18.3. The van der Waals surface area contributed by atoms with Crippen molar-refractivity contribution in [1.29, 1.82) is 0 Å². The van der Waals surface area contributed by atoms with Crippen molar-refractivity contribution < 1.29 is 13.9 Å². The molecule has 0 bridgehead atoms. The highest BCUT2D eigenvalue weighted by atomic mass is 19.1. The summed E-state index contributed by atoms with van der Waals surface area (Å²) in [5.41, 5.74) is 0.526. The molecule has 1 amide bonds. The number of nitrogens with zero attached hydrogens (tertiary/aromatic N) is 1. The molecule has 1 aromatic carbocycles. The standard InChI is InChI=1S/C16H23FN2O2/c1-16(2,3)21-15(20)19-10-14(11-19)18-8-7-12-5-4-6-13(17)9-12/h4-6,9,14,18H,7-8,10-11H2,1-3H3. The van der Waals surface area contributed by atoms with Crippen molar-refractivity contribution in [2.24, 2.45) is 0 Å². The fraction of sp³-hybridized carbons (Fsp3) is 0.562. The number of hydrogen-bond donors (Lipinski definition) is 1. The maximum Gasteiger partial charge on any atom is 0.410 e. The Hall–Kier alpha value is -1.62. The topological polar surface area (TPSA) is 41.6 Å². The molecule has 0 radical (unpaired) electrons. The van der Waals surface area contributed by atoms with Crippen LogP contribution in [-0.4, -0.2) is 42.3 Å². The summed E-state index contributed by atoms with van der Waals surface area (Å²) in [6.45, 7) is 7.69. The maximum atomic E-state index is 13.0. The van der Waals surface area contributed by atoms with Gasteiger partial charge in [-0.2, -0.15) is 0 Å². The minimum absolute atomic E-state index is 0.202. The first-order chi connectivity index (χ1) is 9.83. The number of hydrogen-bond acceptors (Lipinski definition) is 3. The molecule has 0 unspecified atom stereocenters. The van der Waals surface area contributed by atoms with Gasteiger partial charge in [-0.25, -0.2) is 9.18 Å². The lowest BCUT2D eigenvalue weighted by Crippen LogP contribution is -2.60. The zero-order valence-electron chi connectivity index (χ0n) is 12.9. The summed E-state index contributed by atoms with van der Waals surface area (Å²) in [5.74, 6) is -0.202. The highest BCUT2D eigenvalue weighted by Crippen LogP contribution is 2.15. The van der Waals surface area contributed by atoms with Crippen LogP contribution in [0.15, 0.2) is 24.3 Å². The lowest BCUT2D eigenvalue weighted by Gasteiger charge is -2.40. The molecular formula is C16H23FN2O2. The number of ether oxygens (including phenoxy) is 1. The Bertz CT molecular complexity index is 493. The quantitative estimate of drug-likeness (QED) is 0.928. The van der Waals surface area contributed by atoms with Crippen LogP contribution in [0.5, 0.6) is 0 Å². The van der Waals surface area contributed by atoms with Gasteiger partial charge in [-0.3, -0.25) is 0 Å². The second kappa shape index (κ2) is 6.43. The van der Waals surface area contributed by atoms with Gasteiger partial charge in [0.2, 0.25) is 0 Å². The number of likely N-dealkylation sites (tertiary alicyclic amines) is 1. The third-order valence-corrected chi connectivity index (χ3v) is 3.27. The van der Waals surface area contributed by atoms with Crippen LogP contribution in [0.1, 0.15) is 26.3 Å². The van der Waals surface area contributed by atoms with Crippen molar-refractivity contribution in [1.82, 2.24) is 10.2 Å². The van der Waals surface area contributed by atoms with Crippen LogP contribution in [0.3, 0.4) is 0 Å². The van der Waals surface area contributed by atoms with E-state index in [1.807, 2.05) is 26.8 Å². The third-order valence-electron chi connectivity index (χ3n) is 3.27. The van der Waals surface area contributed by atoms with E-state index in [4.69, 9.17) is 4.74 Å². The molecule has 5 heteroatoms. The van der Waals surface area contributed by atoms with Gasteiger partial charge >= 0.3 is 6.09 Å². The van der Waals surface area contributed by atoms with E-state index in [-0.39, 0.29) is 11.9 Å². The van der Waals surface area contributed by atoms with Crippen molar-refractivity contribution >= 4 is 6.09 Å². The average Bonchev–Trinajstić information content (AvgIpc) is 2.29. The first-order valence-electron chi connectivity index (χ1n) is 7.29. The van der Waals surface area contributed by atoms with E-state index in [9.17, 15) is 9.18 Å². The van der Waals surface area contributed by atoms with E-state index in [1.165, 1.54) is 6.07 Å². The number of nitrogens with one attached hydrogen (secondary N) is 1. The fourth-order valence-corrected chi connectivity index (χ4v) is 2.20. The van der Waals surface area contributed by atoms with Crippen LogP contribution in [0.4, 0.5) is 9.18 Å². The Balaban J connectivity index is 1.64. The number of carbonyl (C=O) groups excluding carboxylic acids is 1. The van der Waals surface area contributed by atoms with Crippen LogP contribution in [-0.2, 0) is 11.2 Å². The van der Waals surface area contributed by atoms with Gasteiger partial charge in [-0.05, 0) is 51.4 Å². The van der Waals surface area contributed by atoms with Crippen LogP contribution in [0.2, 0.25) is 0 Å². The molecule has 21 heavy (non-hydrogen) atoms. The van der Waals surface area contributed by atoms with E-state index in [0.29, 0.717) is 19.1 Å². The number of amides is 1. The summed E-state index contributed by atoms with van der Waals surface area (Å²) in [6, 6.07) is 6.93. The molecule has 1 heterocycles. The van der Waals surface area contributed by atoms with E-state index in [1.54, 1.807) is 17.0 Å². The van der Waals surface area contributed by atoms with Gasteiger partial charge in [-0.1, -0.05) is 12.1 Å². The number of carbonyl (C=O) groups is 1. The SMILES string of the molecule is CC(C)(C)OC(=O)N1CC(NCCc2cccc(F)c2)C1. The van der Waals surface area contributed by atoms with Crippen LogP contribution < -0.4 is 5.32 Å². The second-order valence-electron chi connectivity index (χ2n) is 6.42. The van der Waals surface area contributed by atoms with Crippen LogP contribution >= 0.6 is 0 Å². The van der Waals surface area contributed by atoms with Gasteiger partial charge < -0.3 is 15.0 Å². The molecule has 1 aliphatic heterocycles. The van der Waals surface area contributed by atoms with Gasteiger partial charge in [0.05, 0.1) is 0 Å². The molecule has 1 aromatic rings. The van der Waals surface area contributed by atoms with Crippen molar-refractivity contribution in [3.8, 4) is 0 Å². The zero-order chi connectivity index (χ0) is 15.5. The second-order valence-corrected chi connectivity index (χ2v) is 6.42. The van der Waals surface area contributed by atoms with Gasteiger partial charge in [0.15, 0.2) is 0 Å². The zero-order valence-corrected chi connectivity index (χ0v) is 12.9. The Morgan fingerprint density at radius 2 is 2.14 bits per heavy atom. The summed E-state index contributed by atoms with van der Waals surface area (Å²) in [7, 11) is 0. The van der Waals surface area contributed by atoms with Gasteiger partial charge in [-0.15, -0.1) is 0 Å². The van der Waals surface area contributed by atoms with E-state index in [0.717, 1.165) is 18.5 Å². The van der Waals surface area contributed by atoms with Crippen LogP contribution in [0, 0.1) is 5.82 Å². The molecule has 116 valence electrons. The summed E-state index contributed by atoms with van der Waals surface area (Å²) in [4.78, 5) is 13.4. The van der Waals surface area contributed by atoms with Crippen molar-refractivity contribution in [2.45, 2.75) is 38.8 Å². The van der Waals surface area contributed by atoms with Crippen molar-refractivity contribution in [2.75, 3.05) is 19.6 Å². The minimum Gasteiger partial charge on any atom is -0.444 e. The van der Waals surface area contributed by atoms with Gasteiger partial charge in [0.1, 0.15) is 11.4 Å². The Labute approximate surface area is 125 Å². The number of benzene rings is 1. The molecule has 2 rings (SSSR count). The highest BCUT2D eigenvalue weighted by molar-refractivity contribution is 5.69. The molecule has 0 saturated carbocycles. The average molecular weight is 294 g/mol. The fourth-order valence-electron chi connectivity index (χ4n) is 2.20. The Kier molecular flexibility index (Phi) is 4.83. The molecule has 0 aliphatic carbocycles. The predicted octanol–water partition coefficient (Wildman–Crippen LogP) is 2.58. The largest absolute Gasteiger partial charge is 0.444 e. The number of halogens is 1. The molecule has 0 atom stereocenters. The molecule has 1 fully saturated rings. The predicted molar refractivity (Wildman–Crippen MR) is 79.7 cm³/mol. The lowest BCUT2D eigenvalue weighted by molar-refractivity contribution is 0.00542. The summed E-state index contributed by atoms with van der Waals surface area (Å²) >= 11 is 0. The highest BCUT2D eigenvalue weighted by Gasteiger charge is 2.33. The smallest absolute Gasteiger partial charge is 0.410 e. The van der Waals surface area contributed by atoms with Crippen molar-refractivity contribution in [3.05, 3.63) is 35.6 Å². The third kappa shape index (κ3) is 5.01. The Morgan fingerprint density at radius 1 is 1.43 bits per heavy atom. The molecule has 1 aliphatic rings. The summed E-state index contributed by atoms with van der Waals surface area (Å²) in [6.07, 6.45) is 0.520. The molecule has 4 nitrogen and oxygen atoms in total. The van der Waals surface area contributed by atoms with E-state index >= 15 is 0 Å². The maximum absolute atomic E-state index is 13.0. The normalized spacial score (nSPS) is 15.7. The Morgan fingerprint density at radius 3 is 2.76 bits per heavy atom. The molecular weight excluding hydrogens is 271 g/mol. The molecule has 1 saturated heterocycles. The molecule has 0 aromatic heterocycles. The monoisotopic (exact) mass is 294 g/mol. The van der Waals surface area contributed by atoms with Gasteiger partial charge in [0, 0.05) is 19.1 Å². The summed E-state index contributed by atoms with van der Waals surface area (Å²) in [5, 5.41) is 3.36. The first kappa shape index (κ1) is 15.8. The first-order valence-corrected chi connectivity index (χ1v) is 7.29. The number of rotatable bonds is 4. The van der Waals surface area contributed by atoms with Gasteiger partial charge in [0.25, 0.3) is 0 Å². The minimum atomic E-state index is -0.451. The van der Waals surface area contributed by atoms with Crippen molar-refractivity contribution in [3.63, 3.8) is 0 Å².